The van der Waals surface area contributed by atoms with Crippen LogP contribution in [0, 0.1) is 0 Å². The number of fused-ring (bicyclic) bond motifs is 1. The number of ether oxygens (including phenoxy) is 1. The van der Waals surface area contributed by atoms with Crippen molar-refractivity contribution in [1.82, 2.24) is 10.6 Å². The van der Waals surface area contributed by atoms with Crippen LogP contribution in [-0.4, -0.2) is 40.2 Å². The third kappa shape index (κ3) is 6.06. The summed E-state index contributed by atoms with van der Waals surface area (Å²) in [5, 5.41) is 8.26. The fourth-order valence-corrected chi connectivity index (χ4v) is 4.64. The van der Waals surface area contributed by atoms with E-state index in [4.69, 9.17) is 51.8 Å². The van der Waals surface area contributed by atoms with Crippen LogP contribution < -0.4 is 16.0 Å². The van der Waals surface area contributed by atoms with Gasteiger partial charge in [-0.1, -0.05) is 34.8 Å². The monoisotopic (exact) mass is 489 g/mol. The molecule has 0 radical (unpaired) electrons. The lowest BCUT2D eigenvalue weighted by atomic mass is 9.95. The minimum absolute atomic E-state index is 0.000344. The van der Waals surface area contributed by atoms with Crippen LogP contribution in [0.1, 0.15) is 40.6 Å². The predicted octanol–water partition coefficient (Wildman–Crippen LogP) is 3.87. The van der Waals surface area contributed by atoms with Gasteiger partial charge in [0.25, 0.3) is 5.91 Å². The van der Waals surface area contributed by atoms with E-state index in [0.717, 1.165) is 36.1 Å². The van der Waals surface area contributed by atoms with Gasteiger partial charge in [-0.05, 0) is 50.4 Å². The van der Waals surface area contributed by atoms with Crippen LogP contribution >= 0.6 is 58.4 Å². The second-order valence-electron chi connectivity index (χ2n) is 5.91. The molecule has 28 heavy (non-hydrogen) atoms. The molecule has 2 rings (SSSR count). The van der Waals surface area contributed by atoms with Crippen LogP contribution in [0.4, 0.5) is 9.39 Å². The maximum Gasteiger partial charge on any atom is 0.341 e. The van der Waals surface area contributed by atoms with E-state index in [2.05, 4.69) is 16.0 Å². The number of halogens is 4. The van der Waals surface area contributed by atoms with Crippen molar-refractivity contribution in [3.05, 3.63) is 16.0 Å². The molecule has 1 aromatic rings. The van der Waals surface area contributed by atoms with Crippen LogP contribution in [0.15, 0.2) is 0 Å². The van der Waals surface area contributed by atoms with E-state index in [1.807, 2.05) is 0 Å². The number of carbonyl (C=O) groups excluding carboxylic acids is 2. The summed E-state index contributed by atoms with van der Waals surface area (Å²) in [6, 6.07) is 0. The Balaban J connectivity index is 2.21. The van der Waals surface area contributed by atoms with Gasteiger partial charge in [-0.15, -0.1) is 11.3 Å². The highest BCUT2D eigenvalue weighted by Gasteiger charge is 2.35. The molecule has 1 amide bonds. The summed E-state index contributed by atoms with van der Waals surface area (Å²) in [7, 11) is 0. The first kappa shape index (κ1) is 23.4. The standard InChI is InChI=1S/C16H19Cl3FN3O3S2/c1-2-26-13(25)11-8-5-3-4-6-9(8)28-12(11)22-15(27)23-14(16(17,18)19)21-10(24)7-20/h14H,2-7H2,1H3,(H,21,24)(H2,22,23,27). The van der Waals surface area contributed by atoms with Gasteiger partial charge in [0.2, 0.25) is 3.79 Å². The van der Waals surface area contributed by atoms with Crippen molar-refractivity contribution in [2.75, 3.05) is 18.6 Å². The van der Waals surface area contributed by atoms with Crippen LogP contribution in [0.2, 0.25) is 0 Å². The van der Waals surface area contributed by atoms with Gasteiger partial charge in [0, 0.05) is 4.88 Å². The lowest BCUT2D eigenvalue weighted by molar-refractivity contribution is -0.122. The fraction of sp³-hybridized carbons (Fsp3) is 0.562. The molecule has 1 aliphatic rings. The Hall–Kier alpha value is -0.870. The Morgan fingerprint density at radius 3 is 2.57 bits per heavy atom. The average molecular weight is 491 g/mol. The number of thiocarbonyl (C=S) groups is 1. The molecule has 1 atom stereocenters. The highest BCUT2D eigenvalue weighted by molar-refractivity contribution is 7.80. The number of thiophene rings is 1. The smallest absolute Gasteiger partial charge is 0.341 e. The van der Waals surface area contributed by atoms with Crippen LogP contribution in [0.5, 0.6) is 0 Å². The third-order valence-electron chi connectivity index (χ3n) is 3.91. The summed E-state index contributed by atoms with van der Waals surface area (Å²) in [5.74, 6) is -1.40. The topological polar surface area (TPSA) is 79.5 Å². The zero-order valence-corrected chi connectivity index (χ0v) is 18.8. The van der Waals surface area contributed by atoms with E-state index in [0.29, 0.717) is 10.6 Å². The molecule has 0 saturated carbocycles. The van der Waals surface area contributed by atoms with Gasteiger partial charge >= 0.3 is 5.97 Å². The molecule has 156 valence electrons. The largest absolute Gasteiger partial charge is 0.462 e. The summed E-state index contributed by atoms with van der Waals surface area (Å²) < 4.78 is 15.7. The Labute approximate surface area is 186 Å². The van der Waals surface area contributed by atoms with Gasteiger partial charge in [0.05, 0.1) is 12.2 Å². The summed E-state index contributed by atoms with van der Waals surface area (Å²) in [6.07, 6.45) is 2.41. The maximum absolute atomic E-state index is 12.5. The van der Waals surface area contributed by atoms with Crippen molar-refractivity contribution in [2.45, 2.75) is 42.6 Å². The first-order chi connectivity index (χ1) is 13.2. The van der Waals surface area contributed by atoms with Gasteiger partial charge in [0.15, 0.2) is 11.8 Å². The van der Waals surface area contributed by atoms with E-state index < -0.39 is 28.5 Å². The number of alkyl halides is 4. The van der Waals surface area contributed by atoms with Crippen LogP contribution in [0.25, 0.3) is 0 Å². The van der Waals surface area contributed by atoms with E-state index in [1.165, 1.54) is 11.3 Å². The molecule has 1 unspecified atom stereocenters. The predicted molar refractivity (Wildman–Crippen MR) is 114 cm³/mol. The number of aryl methyl sites for hydroxylation is 1. The molecular formula is C16H19Cl3FN3O3S2. The molecule has 0 aliphatic heterocycles. The zero-order valence-electron chi connectivity index (χ0n) is 14.9. The minimum atomic E-state index is -1.99. The van der Waals surface area contributed by atoms with E-state index in [1.54, 1.807) is 6.92 Å². The molecule has 0 saturated heterocycles. The first-order valence-electron chi connectivity index (χ1n) is 8.48. The van der Waals surface area contributed by atoms with E-state index in [-0.39, 0.29) is 11.7 Å². The molecule has 1 heterocycles. The molecule has 0 bridgehead atoms. The van der Waals surface area contributed by atoms with Crippen molar-refractivity contribution < 1.29 is 18.7 Å². The molecule has 0 aromatic carbocycles. The number of rotatable bonds is 6. The number of nitrogens with one attached hydrogen (secondary N) is 3. The van der Waals surface area contributed by atoms with E-state index >= 15 is 0 Å². The summed E-state index contributed by atoms with van der Waals surface area (Å²) in [5.41, 5.74) is 1.41. The minimum Gasteiger partial charge on any atom is -0.462 e. The van der Waals surface area contributed by atoms with Crippen molar-refractivity contribution in [2.24, 2.45) is 0 Å². The van der Waals surface area contributed by atoms with Gasteiger partial charge in [-0.25, -0.2) is 9.18 Å². The highest BCUT2D eigenvalue weighted by atomic mass is 35.6. The molecular weight excluding hydrogens is 472 g/mol. The molecule has 3 N–H and O–H groups in total. The van der Waals surface area contributed by atoms with Gasteiger partial charge < -0.3 is 20.7 Å². The number of esters is 1. The Morgan fingerprint density at radius 2 is 1.96 bits per heavy atom. The van der Waals surface area contributed by atoms with Crippen molar-refractivity contribution in [1.29, 1.82) is 0 Å². The van der Waals surface area contributed by atoms with Gasteiger partial charge in [-0.2, -0.15) is 0 Å². The van der Waals surface area contributed by atoms with Crippen LogP contribution in [0.3, 0.4) is 0 Å². The molecule has 1 aromatic heterocycles. The normalized spacial score (nSPS) is 14.6. The lowest BCUT2D eigenvalue weighted by Crippen LogP contribution is -2.56. The number of amides is 1. The Kier molecular flexibility index (Phi) is 8.57. The second kappa shape index (κ2) is 10.2. The number of hydrogen-bond acceptors (Lipinski definition) is 5. The maximum atomic E-state index is 12.5. The lowest BCUT2D eigenvalue weighted by Gasteiger charge is -2.27. The summed E-state index contributed by atoms with van der Waals surface area (Å²) in [4.78, 5) is 24.9. The number of anilines is 1. The van der Waals surface area contributed by atoms with Crippen molar-refractivity contribution >= 4 is 80.3 Å². The Morgan fingerprint density at radius 1 is 1.29 bits per heavy atom. The van der Waals surface area contributed by atoms with Gasteiger partial charge in [-0.3, -0.25) is 4.79 Å². The molecule has 6 nitrogen and oxygen atoms in total. The van der Waals surface area contributed by atoms with Crippen molar-refractivity contribution in [3.63, 3.8) is 0 Å². The van der Waals surface area contributed by atoms with E-state index in [9.17, 15) is 14.0 Å². The quantitative estimate of drug-likeness (QED) is 0.243. The van der Waals surface area contributed by atoms with Crippen molar-refractivity contribution in [3.8, 4) is 0 Å². The second-order valence-corrected chi connectivity index (χ2v) is 9.79. The van der Waals surface area contributed by atoms with Gasteiger partial charge in [0.1, 0.15) is 11.2 Å². The highest BCUT2D eigenvalue weighted by Crippen LogP contribution is 2.38. The number of carbonyl (C=O) groups is 2. The Bertz CT molecular complexity index is 755. The third-order valence-corrected chi connectivity index (χ3v) is 5.99. The van der Waals surface area contributed by atoms with Crippen LogP contribution in [-0.2, 0) is 22.4 Å². The summed E-state index contributed by atoms with van der Waals surface area (Å²) in [6.45, 7) is 0.703. The molecule has 1 aliphatic carbocycles. The fourth-order valence-electron chi connectivity index (χ4n) is 2.74. The average Bonchev–Trinajstić information content (AvgIpc) is 2.98. The molecule has 0 spiro atoms. The summed E-state index contributed by atoms with van der Waals surface area (Å²) >= 11 is 24.1. The molecule has 12 heteroatoms. The first-order valence-corrected chi connectivity index (χ1v) is 10.8. The SMILES string of the molecule is CCOC(=O)c1c(NC(=S)NC(NC(=O)CF)C(Cl)(Cl)Cl)sc2c1CCCC2. The number of hydrogen-bond donors (Lipinski definition) is 3. The molecule has 0 fully saturated rings. The zero-order chi connectivity index (χ0) is 20.9.